The molecule has 12 heteroatoms. The third-order valence-electron chi connectivity index (χ3n) is 5.80. The molecule has 0 radical (unpaired) electrons. The number of hydrogen-bond acceptors (Lipinski definition) is 5. The molecule has 6 nitrogen and oxygen atoms in total. The molecule has 0 saturated heterocycles. The van der Waals surface area contributed by atoms with E-state index in [1.54, 1.807) is 11.0 Å². The van der Waals surface area contributed by atoms with Gasteiger partial charge in [-0.3, -0.25) is 9.78 Å². The fraction of sp³-hybridized carbons (Fsp3) is 0.435. The van der Waals surface area contributed by atoms with Gasteiger partial charge in [-0.25, -0.2) is 4.39 Å². The average Bonchev–Trinajstić information content (AvgIpc) is 3.39. The number of hydrogen-bond donors (Lipinski definition) is 1. The van der Waals surface area contributed by atoms with E-state index in [9.17, 15) is 22.4 Å². The number of nitrogens with one attached hydrogen (secondary N) is 1. The highest BCUT2D eigenvalue weighted by atomic mass is 35.5. The number of carbonyl (C=O) groups excluding carboxylic acids is 1. The van der Waals surface area contributed by atoms with Gasteiger partial charge >= 0.3 is 6.18 Å². The van der Waals surface area contributed by atoms with E-state index in [4.69, 9.17) is 28.0 Å². The smallest absolute Gasteiger partial charge is 0.372 e. The summed E-state index contributed by atoms with van der Waals surface area (Å²) in [6.45, 7) is 6.88. The molecule has 1 aromatic heterocycles. The van der Waals surface area contributed by atoms with Gasteiger partial charge in [-0.2, -0.15) is 13.2 Å². The number of halogens is 6. The Labute approximate surface area is 209 Å². The van der Waals surface area contributed by atoms with Gasteiger partial charge in [0.15, 0.2) is 5.82 Å². The fourth-order valence-corrected chi connectivity index (χ4v) is 4.36. The number of aromatic nitrogens is 1. The molecule has 0 spiro atoms. The molecule has 0 bridgehead atoms. The Balaban J connectivity index is 1.54. The second-order valence-corrected chi connectivity index (χ2v) is 10.6. The van der Waals surface area contributed by atoms with Gasteiger partial charge in [0.2, 0.25) is 0 Å². The van der Waals surface area contributed by atoms with Crippen molar-refractivity contribution < 1.29 is 27.2 Å². The molecule has 0 fully saturated rings. The van der Waals surface area contributed by atoms with Gasteiger partial charge in [0, 0.05) is 31.4 Å². The minimum atomic E-state index is -4.89. The maximum atomic E-state index is 14.2. The van der Waals surface area contributed by atoms with E-state index in [2.05, 4.69) is 15.5 Å². The highest BCUT2D eigenvalue weighted by Crippen LogP contribution is 2.50. The predicted octanol–water partition coefficient (Wildman–Crippen LogP) is 5.81. The van der Waals surface area contributed by atoms with Crippen LogP contribution in [-0.4, -0.2) is 34.3 Å². The van der Waals surface area contributed by atoms with E-state index in [1.165, 1.54) is 6.20 Å². The van der Waals surface area contributed by atoms with Crippen LogP contribution in [0.4, 0.5) is 17.6 Å². The van der Waals surface area contributed by atoms with Crippen LogP contribution in [0.3, 0.4) is 0 Å². The molecular formula is C23H22Cl2F4N4O2. The topological polar surface area (TPSA) is 66.8 Å². The van der Waals surface area contributed by atoms with E-state index in [-0.39, 0.29) is 35.9 Å². The van der Waals surface area contributed by atoms with E-state index >= 15 is 0 Å². The van der Waals surface area contributed by atoms with Crippen molar-refractivity contribution in [2.45, 2.75) is 52.1 Å². The summed E-state index contributed by atoms with van der Waals surface area (Å²) < 4.78 is 56.5. The fourth-order valence-electron chi connectivity index (χ4n) is 3.87. The lowest BCUT2D eigenvalue weighted by molar-refractivity contribution is -0.275. The van der Waals surface area contributed by atoms with Crippen molar-refractivity contribution in [2.75, 3.05) is 6.54 Å². The third kappa shape index (κ3) is 4.91. The highest BCUT2D eigenvalue weighted by Gasteiger charge is 2.63. The molecule has 0 saturated carbocycles. The molecule has 3 heterocycles. The molecular weight excluding hydrogens is 511 g/mol. The number of amidine groups is 1. The lowest BCUT2D eigenvalue weighted by atomic mass is 9.89. The minimum Gasteiger partial charge on any atom is -0.372 e. The lowest BCUT2D eigenvalue weighted by Crippen LogP contribution is -2.44. The molecule has 1 N–H and O–H groups in total. The van der Waals surface area contributed by atoms with E-state index in [0.29, 0.717) is 6.54 Å². The molecule has 1 amide bonds. The van der Waals surface area contributed by atoms with E-state index in [1.807, 2.05) is 20.8 Å². The van der Waals surface area contributed by atoms with Gasteiger partial charge < -0.3 is 15.1 Å². The van der Waals surface area contributed by atoms with Crippen LogP contribution in [0.1, 0.15) is 54.4 Å². The monoisotopic (exact) mass is 532 g/mol. The quantitative estimate of drug-likeness (QED) is 0.400. The number of rotatable bonds is 3. The first-order valence-electron chi connectivity index (χ1n) is 10.7. The van der Waals surface area contributed by atoms with Crippen LogP contribution in [0.15, 0.2) is 29.6 Å². The van der Waals surface area contributed by atoms with Crippen LogP contribution < -0.4 is 5.32 Å². The summed E-state index contributed by atoms with van der Waals surface area (Å²) in [6, 6.07) is 3.32. The number of pyridine rings is 1. The highest BCUT2D eigenvalue weighted by molar-refractivity contribution is 6.35. The standard InChI is InChI=1S/C23H22Cl2F4N4O2/c1-21(2,3)11-31-20(34)17-4-12-9-33(10-13(12)8-30-17)18-7-22(35-32-18,23(27,28)29)14-5-15(24)19(26)16(25)6-14/h4-6,8H,7,9-11H2,1-3H3,(H,31,34). The summed E-state index contributed by atoms with van der Waals surface area (Å²) in [5, 5.41) is 5.46. The van der Waals surface area contributed by atoms with Gasteiger partial charge in [-0.15, -0.1) is 0 Å². The molecule has 35 heavy (non-hydrogen) atoms. The molecule has 4 rings (SSSR count). The van der Waals surface area contributed by atoms with E-state index in [0.717, 1.165) is 23.3 Å². The second kappa shape index (κ2) is 8.81. The van der Waals surface area contributed by atoms with Gasteiger partial charge in [-0.05, 0) is 34.7 Å². The average molecular weight is 533 g/mol. The van der Waals surface area contributed by atoms with Crippen molar-refractivity contribution >= 4 is 34.9 Å². The molecule has 188 valence electrons. The number of oxime groups is 1. The Morgan fingerprint density at radius 1 is 1.14 bits per heavy atom. The van der Waals surface area contributed by atoms with Crippen molar-refractivity contribution in [1.82, 2.24) is 15.2 Å². The normalized spacial score (nSPS) is 19.9. The van der Waals surface area contributed by atoms with Crippen LogP contribution in [0, 0.1) is 11.2 Å². The van der Waals surface area contributed by atoms with Crippen LogP contribution in [-0.2, 0) is 23.5 Å². The van der Waals surface area contributed by atoms with Gasteiger partial charge in [0.05, 0.1) is 16.5 Å². The van der Waals surface area contributed by atoms with Crippen LogP contribution >= 0.6 is 23.2 Å². The Morgan fingerprint density at radius 2 is 1.77 bits per heavy atom. The Kier molecular flexibility index (Phi) is 6.42. The number of benzene rings is 1. The predicted molar refractivity (Wildman–Crippen MR) is 123 cm³/mol. The second-order valence-electron chi connectivity index (χ2n) is 9.79. The van der Waals surface area contributed by atoms with Crippen LogP contribution in [0.25, 0.3) is 0 Å². The number of nitrogens with zero attached hydrogens (tertiary/aromatic N) is 3. The maximum absolute atomic E-state index is 14.2. The lowest BCUT2D eigenvalue weighted by Gasteiger charge is -2.30. The number of alkyl halides is 3. The summed E-state index contributed by atoms with van der Waals surface area (Å²) in [6.07, 6.45) is -4.02. The zero-order chi connectivity index (χ0) is 25.8. The van der Waals surface area contributed by atoms with Crippen LogP contribution in [0.5, 0.6) is 0 Å². The number of carbonyl (C=O) groups is 1. The van der Waals surface area contributed by atoms with Gasteiger partial charge in [0.1, 0.15) is 11.5 Å². The number of amides is 1. The van der Waals surface area contributed by atoms with Crippen molar-refractivity contribution in [3.8, 4) is 0 Å². The zero-order valence-corrected chi connectivity index (χ0v) is 20.6. The molecule has 2 aliphatic rings. The summed E-state index contributed by atoms with van der Waals surface area (Å²) in [7, 11) is 0. The number of fused-ring (bicyclic) bond motifs is 1. The molecule has 1 atom stereocenters. The maximum Gasteiger partial charge on any atom is 0.435 e. The molecule has 1 unspecified atom stereocenters. The van der Waals surface area contributed by atoms with Crippen molar-refractivity contribution in [2.24, 2.45) is 10.6 Å². The minimum absolute atomic E-state index is 0.0498. The first-order chi connectivity index (χ1) is 16.2. The molecule has 2 aliphatic heterocycles. The summed E-state index contributed by atoms with van der Waals surface area (Å²) in [4.78, 5) is 23.3. The molecule has 1 aromatic carbocycles. The Hall–Kier alpha value is -2.59. The zero-order valence-electron chi connectivity index (χ0n) is 19.1. The summed E-state index contributed by atoms with van der Waals surface area (Å²) in [5.41, 5.74) is -1.68. The SMILES string of the molecule is CC(C)(C)CNC(=O)c1cc2c(cn1)CN(C1=NOC(c3cc(Cl)c(F)c(Cl)c3)(C(F)(F)F)C1)C2. The summed E-state index contributed by atoms with van der Waals surface area (Å²) >= 11 is 11.5. The van der Waals surface area contributed by atoms with Crippen molar-refractivity contribution in [3.05, 3.63) is 62.6 Å². The van der Waals surface area contributed by atoms with Crippen molar-refractivity contribution in [3.63, 3.8) is 0 Å². The first kappa shape index (κ1) is 25.5. The third-order valence-corrected chi connectivity index (χ3v) is 6.35. The largest absolute Gasteiger partial charge is 0.435 e. The van der Waals surface area contributed by atoms with Gasteiger partial charge in [-0.1, -0.05) is 49.1 Å². The molecule has 0 aliphatic carbocycles. The first-order valence-corrected chi connectivity index (χ1v) is 11.4. The summed E-state index contributed by atoms with van der Waals surface area (Å²) in [5.74, 6) is -1.30. The Morgan fingerprint density at radius 3 is 2.37 bits per heavy atom. The van der Waals surface area contributed by atoms with E-state index < -0.39 is 39.6 Å². The van der Waals surface area contributed by atoms with Gasteiger partial charge in [0.25, 0.3) is 11.5 Å². The van der Waals surface area contributed by atoms with Crippen LogP contribution in [0.2, 0.25) is 10.0 Å². The Bertz CT molecular complexity index is 1190. The van der Waals surface area contributed by atoms with Crippen molar-refractivity contribution in [1.29, 1.82) is 0 Å². The molecule has 2 aromatic rings.